The molecule has 1 N–H and O–H groups in total. The Labute approximate surface area is 137 Å². The highest BCUT2D eigenvalue weighted by molar-refractivity contribution is 6.36. The molecule has 4 heteroatoms. The Hall–Kier alpha value is -0.440. The van der Waals surface area contributed by atoms with Crippen molar-refractivity contribution in [2.24, 2.45) is 5.92 Å². The zero-order chi connectivity index (χ0) is 14.8. The molecular weight excluding hydrogens is 303 g/mol. The first kappa shape index (κ1) is 15.5. The molecule has 1 saturated carbocycles. The summed E-state index contributed by atoms with van der Waals surface area (Å²) in [5.74, 6) is 0.819. The fourth-order valence-electron chi connectivity index (χ4n) is 3.79. The lowest BCUT2D eigenvalue weighted by atomic mass is 9.82. The lowest BCUT2D eigenvalue weighted by Gasteiger charge is -2.44. The third-order valence-electron chi connectivity index (χ3n) is 5.04. The van der Waals surface area contributed by atoms with Crippen molar-refractivity contribution in [1.29, 1.82) is 0 Å². The Bertz CT molecular complexity index is 486. The minimum atomic E-state index is 0.462. The number of nitrogens with zero attached hydrogens (tertiary/aromatic N) is 1. The Balaban J connectivity index is 1.76. The molecule has 0 radical (unpaired) electrons. The number of anilines is 1. The first-order valence-corrected chi connectivity index (χ1v) is 8.86. The summed E-state index contributed by atoms with van der Waals surface area (Å²) in [7, 11) is 0. The van der Waals surface area contributed by atoms with E-state index >= 15 is 0 Å². The predicted molar refractivity (Wildman–Crippen MR) is 91.6 cm³/mol. The monoisotopic (exact) mass is 326 g/mol. The van der Waals surface area contributed by atoms with E-state index in [0.717, 1.165) is 29.7 Å². The van der Waals surface area contributed by atoms with Crippen molar-refractivity contribution in [2.75, 3.05) is 18.0 Å². The fourth-order valence-corrected chi connectivity index (χ4v) is 4.31. The van der Waals surface area contributed by atoms with Gasteiger partial charge in [-0.1, -0.05) is 42.5 Å². The number of halogens is 2. The molecule has 1 aliphatic carbocycles. The average Bonchev–Trinajstić information content (AvgIpc) is 2.49. The van der Waals surface area contributed by atoms with Crippen LogP contribution in [-0.4, -0.2) is 25.2 Å². The van der Waals surface area contributed by atoms with Gasteiger partial charge < -0.3 is 10.2 Å². The van der Waals surface area contributed by atoms with Gasteiger partial charge in [-0.05, 0) is 43.9 Å². The molecule has 2 fully saturated rings. The van der Waals surface area contributed by atoms with Crippen molar-refractivity contribution in [3.05, 3.63) is 28.2 Å². The van der Waals surface area contributed by atoms with E-state index in [0.29, 0.717) is 17.1 Å². The normalized spacial score (nSPS) is 27.9. The number of piperazine rings is 1. The van der Waals surface area contributed by atoms with Crippen LogP contribution in [0.2, 0.25) is 10.0 Å². The second-order valence-electron chi connectivity index (χ2n) is 6.51. The van der Waals surface area contributed by atoms with E-state index in [4.69, 9.17) is 23.2 Å². The number of benzene rings is 1. The van der Waals surface area contributed by atoms with Crippen molar-refractivity contribution in [2.45, 2.75) is 51.1 Å². The largest absolute Gasteiger partial charge is 0.365 e. The second-order valence-corrected chi connectivity index (χ2v) is 7.35. The first-order chi connectivity index (χ1) is 10.1. The number of hydrogen-bond donors (Lipinski definition) is 1. The highest BCUT2D eigenvalue weighted by atomic mass is 35.5. The fraction of sp³-hybridized carbons (Fsp3) is 0.647. The van der Waals surface area contributed by atoms with Gasteiger partial charge in [0.25, 0.3) is 0 Å². The van der Waals surface area contributed by atoms with Crippen LogP contribution >= 0.6 is 23.2 Å². The van der Waals surface area contributed by atoms with Gasteiger partial charge in [-0.2, -0.15) is 0 Å². The highest BCUT2D eigenvalue weighted by Crippen LogP contribution is 2.34. The summed E-state index contributed by atoms with van der Waals surface area (Å²) in [6.45, 7) is 4.34. The molecule has 0 bridgehead atoms. The Morgan fingerprint density at radius 2 is 1.90 bits per heavy atom. The molecule has 116 valence electrons. The molecule has 1 aromatic carbocycles. The van der Waals surface area contributed by atoms with Crippen LogP contribution < -0.4 is 10.2 Å². The third kappa shape index (κ3) is 3.49. The van der Waals surface area contributed by atoms with Crippen LogP contribution in [-0.2, 0) is 0 Å². The summed E-state index contributed by atoms with van der Waals surface area (Å²) in [5, 5.41) is 5.23. The molecule has 1 heterocycles. The quantitative estimate of drug-likeness (QED) is 0.844. The van der Waals surface area contributed by atoms with Gasteiger partial charge in [0.1, 0.15) is 0 Å². The summed E-state index contributed by atoms with van der Waals surface area (Å²) in [4.78, 5) is 2.45. The maximum atomic E-state index is 6.42. The van der Waals surface area contributed by atoms with Crippen LogP contribution in [0.15, 0.2) is 18.2 Å². The zero-order valence-corrected chi connectivity index (χ0v) is 14.1. The van der Waals surface area contributed by atoms with Gasteiger partial charge in [0.2, 0.25) is 0 Å². The molecule has 2 aliphatic rings. The first-order valence-electron chi connectivity index (χ1n) is 8.10. The summed E-state index contributed by atoms with van der Waals surface area (Å²) >= 11 is 12.4. The number of nitrogens with one attached hydrogen (secondary N) is 1. The van der Waals surface area contributed by atoms with Gasteiger partial charge in [-0.15, -0.1) is 0 Å². The Morgan fingerprint density at radius 3 is 2.62 bits per heavy atom. The molecule has 1 aromatic rings. The van der Waals surface area contributed by atoms with E-state index in [1.165, 1.54) is 32.1 Å². The molecule has 0 spiro atoms. The molecule has 2 atom stereocenters. The third-order valence-corrected chi connectivity index (χ3v) is 5.58. The smallest absolute Gasteiger partial charge is 0.0654 e. The van der Waals surface area contributed by atoms with Crippen LogP contribution in [0.3, 0.4) is 0 Å². The summed E-state index contributed by atoms with van der Waals surface area (Å²) < 4.78 is 0. The van der Waals surface area contributed by atoms with Crippen molar-refractivity contribution in [3.63, 3.8) is 0 Å². The maximum Gasteiger partial charge on any atom is 0.0654 e. The van der Waals surface area contributed by atoms with Crippen molar-refractivity contribution in [3.8, 4) is 0 Å². The minimum absolute atomic E-state index is 0.462. The molecule has 2 nitrogen and oxygen atoms in total. The zero-order valence-electron chi connectivity index (χ0n) is 12.6. The Kier molecular flexibility index (Phi) is 4.98. The molecule has 21 heavy (non-hydrogen) atoms. The molecule has 1 aliphatic heterocycles. The van der Waals surface area contributed by atoms with Gasteiger partial charge >= 0.3 is 0 Å². The predicted octanol–water partition coefficient (Wildman–Crippen LogP) is 4.74. The van der Waals surface area contributed by atoms with Gasteiger partial charge in [-0.25, -0.2) is 0 Å². The van der Waals surface area contributed by atoms with Crippen LogP contribution in [0.25, 0.3) is 0 Å². The number of hydrogen-bond acceptors (Lipinski definition) is 2. The van der Waals surface area contributed by atoms with Gasteiger partial charge in [-0.3, -0.25) is 0 Å². The average molecular weight is 327 g/mol. The highest BCUT2D eigenvalue weighted by Gasteiger charge is 2.31. The standard InChI is InChI=1S/C17H24Cl2N2/c1-12-10-20-16(13-5-3-2-4-6-13)11-21(12)17-8-7-14(18)9-15(17)19/h7-9,12-13,16,20H,2-6,10-11H2,1H3. The van der Waals surface area contributed by atoms with Crippen molar-refractivity contribution < 1.29 is 0 Å². The van der Waals surface area contributed by atoms with E-state index in [9.17, 15) is 0 Å². The van der Waals surface area contributed by atoms with Gasteiger partial charge in [0.05, 0.1) is 10.7 Å². The van der Waals surface area contributed by atoms with Gasteiger partial charge in [0, 0.05) is 30.2 Å². The van der Waals surface area contributed by atoms with Crippen LogP contribution in [0.1, 0.15) is 39.0 Å². The van der Waals surface area contributed by atoms with E-state index in [1.54, 1.807) is 0 Å². The van der Waals surface area contributed by atoms with E-state index < -0.39 is 0 Å². The minimum Gasteiger partial charge on any atom is -0.365 e. The summed E-state index contributed by atoms with van der Waals surface area (Å²) in [6.07, 6.45) is 6.93. The molecular formula is C17H24Cl2N2. The van der Waals surface area contributed by atoms with E-state index in [2.05, 4.69) is 23.2 Å². The number of rotatable bonds is 2. The van der Waals surface area contributed by atoms with Crippen molar-refractivity contribution in [1.82, 2.24) is 5.32 Å². The maximum absolute atomic E-state index is 6.42. The molecule has 0 amide bonds. The molecule has 0 aromatic heterocycles. The van der Waals surface area contributed by atoms with E-state index in [1.807, 2.05) is 12.1 Å². The summed E-state index contributed by atoms with van der Waals surface area (Å²) in [6, 6.07) is 6.90. The van der Waals surface area contributed by atoms with Crippen LogP contribution in [0.4, 0.5) is 5.69 Å². The molecule has 2 unspecified atom stereocenters. The van der Waals surface area contributed by atoms with Crippen LogP contribution in [0, 0.1) is 5.92 Å². The second kappa shape index (κ2) is 6.76. The SMILES string of the molecule is CC1CNC(C2CCCCC2)CN1c1ccc(Cl)cc1Cl. The molecule has 1 saturated heterocycles. The van der Waals surface area contributed by atoms with Crippen LogP contribution in [0.5, 0.6) is 0 Å². The Morgan fingerprint density at radius 1 is 1.14 bits per heavy atom. The van der Waals surface area contributed by atoms with Crippen molar-refractivity contribution >= 4 is 28.9 Å². The van der Waals surface area contributed by atoms with Gasteiger partial charge in [0.15, 0.2) is 0 Å². The topological polar surface area (TPSA) is 15.3 Å². The lowest BCUT2D eigenvalue weighted by Crippen LogP contribution is -2.58. The van der Waals surface area contributed by atoms with E-state index in [-0.39, 0.29) is 0 Å². The summed E-state index contributed by atoms with van der Waals surface area (Å²) in [5.41, 5.74) is 1.12. The molecule has 3 rings (SSSR count). The lowest BCUT2D eigenvalue weighted by molar-refractivity contribution is 0.245.